The van der Waals surface area contributed by atoms with Gasteiger partial charge < -0.3 is 4.90 Å². The number of hydrogen-bond donors (Lipinski definition) is 1. The molecule has 1 aliphatic rings. The molecule has 0 N–H and O–H groups in total. The monoisotopic (exact) mass is 229 g/mol. The summed E-state index contributed by atoms with van der Waals surface area (Å²) >= 11 is 4.56. The van der Waals surface area contributed by atoms with E-state index in [-0.39, 0.29) is 0 Å². The highest BCUT2D eigenvalue weighted by Gasteiger charge is 2.25. The smallest absolute Gasteiger partial charge is 0.00925 e. The van der Waals surface area contributed by atoms with Crippen molar-refractivity contribution in [2.45, 2.75) is 57.7 Å². The van der Waals surface area contributed by atoms with Crippen LogP contribution in [0.3, 0.4) is 0 Å². The number of thiol groups is 1. The average molecular weight is 229 g/mol. The standard InChI is InChI=1S/C13H27NS/c1-10(2)9-14(4)13-7-5-12(6-8-13)11(3)15/h10-13,15H,5-9H2,1-4H3. The summed E-state index contributed by atoms with van der Waals surface area (Å²) < 4.78 is 0. The second kappa shape index (κ2) is 6.15. The van der Waals surface area contributed by atoms with Crippen LogP contribution in [0, 0.1) is 11.8 Å². The Morgan fingerprint density at radius 3 is 2.07 bits per heavy atom. The molecule has 0 aromatic heterocycles. The molecule has 0 radical (unpaired) electrons. The number of hydrogen-bond acceptors (Lipinski definition) is 2. The zero-order valence-electron chi connectivity index (χ0n) is 10.7. The quantitative estimate of drug-likeness (QED) is 0.723. The number of rotatable bonds is 4. The van der Waals surface area contributed by atoms with Crippen LogP contribution in [0.4, 0.5) is 0 Å². The fourth-order valence-corrected chi connectivity index (χ4v) is 3.05. The van der Waals surface area contributed by atoms with Crippen molar-refractivity contribution in [1.29, 1.82) is 0 Å². The van der Waals surface area contributed by atoms with E-state index in [2.05, 4.69) is 45.3 Å². The Balaban J connectivity index is 2.30. The molecule has 1 saturated carbocycles. The van der Waals surface area contributed by atoms with Crippen LogP contribution in [0.1, 0.15) is 46.5 Å². The largest absolute Gasteiger partial charge is 0.303 e. The molecule has 1 aliphatic carbocycles. The Bertz CT molecular complexity index is 171. The first-order chi connectivity index (χ1) is 7.00. The van der Waals surface area contributed by atoms with Crippen LogP contribution in [0.2, 0.25) is 0 Å². The third-order valence-electron chi connectivity index (χ3n) is 3.70. The van der Waals surface area contributed by atoms with Crippen LogP contribution >= 0.6 is 12.6 Å². The lowest BCUT2D eigenvalue weighted by Crippen LogP contribution is -2.38. The van der Waals surface area contributed by atoms with Gasteiger partial charge in [-0.3, -0.25) is 0 Å². The van der Waals surface area contributed by atoms with Crippen molar-refractivity contribution in [3.8, 4) is 0 Å². The molecule has 0 aromatic carbocycles. The molecule has 0 aliphatic heterocycles. The molecular formula is C13H27NS. The van der Waals surface area contributed by atoms with E-state index in [9.17, 15) is 0 Å². The Labute approximate surface area is 101 Å². The highest BCUT2D eigenvalue weighted by atomic mass is 32.1. The Kier molecular flexibility index (Phi) is 5.48. The highest BCUT2D eigenvalue weighted by molar-refractivity contribution is 7.80. The molecule has 0 bridgehead atoms. The molecule has 1 unspecified atom stereocenters. The lowest BCUT2D eigenvalue weighted by Gasteiger charge is -2.36. The van der Waals surface area contributed by atoms with Crippen molar-refractivity contribution in [3.05, 3.63) is 0 Å². The minimum Gasteiger partial charge on any atom is -0.303 e. The van der Waals surface area contributed by atoms with Crippen LogP contribution in [0.5, 0.6) is 0 Å². The van der Waals surface area contributed by atoms with Crippen LogP contribution < -0.4 is 0 Å². The molecule has 0 saturated heterocycles. The van der Waals surface area contributed by atoms with E-state index in [1.165, 1.54) is 32.2 Å². The molecule has 1 nitrogen and oxygen atoms in total. The first-order valence-corrected chi connectivity index (χ1v) is 6.90. The fourth-order valence-electron chi connectivity index (χ4n) is 2.75. The van der Waals surface area contributed by atoms with Gasteiger partial charge in [0.15, 0.2) is 0 Å². The summed E-state index contributed by atoms with van der Waals surface area (Å²) in [5.41, 5.74) is 0. The zero-order valence-corrected chi connectivity index (χ0v) is 11.6. The van der Waals surface area contributed by atoms with Gasteiger partial charge in [0.1, 0.15) is 0 Å². The van der Waals surface area contributed by atoms with Crippen molar-refractivity contribution in [1.82, 2.24) is 4.90 Å². The number of nitrogens with zero attached hydrogens (tertiary/aromatic N) is 1. The van der Waals surface area contributed by atoms with Gasteiger partial charge in [0.2, 0.25) is 0 Å². The van der Waals surface area contributed by atoms with Crippen LogP contribution in [-0.2, 0) is 0 Å². The van der Waals surface area contributed by atoms with Gasteiger partial charge in [0.25, 0.3) is 0 Å². The SMILES string of the molecule is CC(C)CN(C)C1CCC(C(C)S)CC1. The lowest BCUT2D eigenvalue weighted by atomic mass is 9.83. The van der Waals surface area contributed by atoms with Crippen LogP contribution in [-0.4, -0.2) is 29.8 Å². The molecule has 0 heterocycles. The molecule has 0 aromatic rings. The average Bonchev–Trinajstić information content (AvgIpc) is 2.17. The molecule has 0 amide bonds. The van der Waals surface area contributed by atoms with Gasteiger partial charge in [0, 0.05) is 17.8 Å². The highest BCUT2D eigenvalue weighted by Crippen LogP contribution is 2.31. The molecule has 0 spiro atoms. The second-order valence-corrected chi connectivity index (χ2v) is 6.46. The van der Waals surface area contributed by atoms with E-state index in [4.69, 9.17) is 0 Å². The van der Waals surface area contributed by atoms with E-state index in [0.717, 1.165) is 17.9 Å². The van der Waals surface area contributed by atoms with Crippen molar-refractivity contribution < 1.29 is 0 Å². The van der Waals surface area contributed by atoms with Crippen molar-refractivity contribution in [2.75, 3.05) is 13.6 Å². The van der Waals surface area contributed by atoms with E-state index in [1.807, 2.05) is 0 Å². The van der Waals surface area contributed by atoms with Gasteiger partial charge in [-0.2, -0.15) is 12.6 Å². The van der Waals surface area contributed by atoms with Gasteiger partial charge in [-0.25, -0.2) is 0 Å². The van der Waals surface area contributed by atoms with Gasteiger partial charge in [0.05, 0.1) is 0 Å². The van der Waals surface area contributed by atoms with E-state index in [1.54, 1.807) is 0 Å². The minimum atomic E-state index is 0.585. The van der Waals surface area contributed by atoms with E-state index >= 15 is 0 Å². The summed E-state index contributed by atoms with van der Waals surface area (Å²) in [7, 11) is 2.29. The Hall–Kier alpha value is 0.310. The normalized spacial score (nSPS) is 29.8. The van der Waals surface area contributed by atoms with Crippen molar-refractivity contribution in [3.63, 3.8) is 0 Å². The van der Waals surface area contributed by atoms with E-state index in [0.29, 0.717) is 5.25 Å². The van der Waals surface area contributed by atoms with Gasteiger partial charge >= 0.3 is 0 Å². The van der Waals surface area contributed by atoms with Crippen LogP contribution in [0.15, 0.2) is 0 Å². The summed E-state index contributed by atoms with van der Waals surface area (Å²) in [5, 5.41) is 0.585. The molecule has 1 fully saturated rings. The van der Waals surface area contributed by atoms with E-state index < -0.39 is 0 Å². The maximum Gasteiger partial charge on any atom is 0.00925 e. The third-order valence-corrected chi connectivity index (χ3v) is 4.12. The molecule has 90 valence electrons. The summed E-state index contributed by atoms with van der Waals surface area (Å²) in [6.45, 7) is 8.09. The minimum absolute atomic E-state index is 0.585. The summed E-state index contributed by atoms with van der Waals surface area (Å²) in [6.07, 6.45) is 5.49. The lowest BCUT2D eigenvalue weighted by molar-refractivity contribution is 0.152. The molecule has 15 heavy (non-hydrogen) atoms. The molecular weight excluding hydrogens is 202 g/mol. The summed E-state index contributed by atoms with van der Waals surface area (Å²) in [4.78, 5) is 2.56. The predicted octanol–water partition coefficient (Wildman–Crippen LogP) is 3.45. The molecule has 1 rings (SSSR count). The first kappa shape index (κ1) is 13.4. The third kappa shape index (κ3) is 4.36. The maximum absolute atomic E-state index is 4.56. The zero-order chi connectivity index (χ0) is 11.4. The maximum atomic E-state index is 4.56. The first-order valence-electron chi connectivity index (χ1n) is 6.39. The van der Waals surface area contributed by atoms with Gasteiger partial charge in [-0.05, 0) is 44.6 Å². The van der Waals surface area contributed by atoms with Crippen molar-refractivity contribution >= 4 is 12.6 Å². The summed E-state index contributed by atoms with van der Waals surface area (Å²) in [5.74, 6) is 1.65. The molecule has 1 atom stereocenters. The predicted molar refractivity (Wildman–Crippen MR) is 71.7 cm³/mol. The fraction of sp³-hybridized carbons (Fsp3) is 1.00. The summed E-state index contributed by atoms with van der Waals surface area (Å²) in [6, 6.07) is 0.829. The Morgan fingerprint density at radius 2 is 1.67 bits per heavy atom. The molecule has 2 heteroatoms. The van der Waals surface area contributed by atoms with Crippen molar-refractivity contribution in [2.24, 2.45) is 11.8 Å². The van der Waals surface area contributed by atoms with Crippen LogP contribution in [0.25, 0.3) is 0 Å². The second-order valence-electron chi connectivity index (χ2n) is 5.64. The topological polar surface area (TPSA) is 3.24 Å². The Morgan fingerprint density at radius 1 is 1.13 bits per heavy atom. The van der Waals surface area contributed by atoms with Gasteiger partial charge in [-0.15, -0.1) is 0 Å². The van der Waals surface area contributed by atoms with Gasteiger partial charge in [-0.1, -0.05) is 20.8 Å².